The predicted molar refractivity (Wildman–Crippen MR) is 69.3 cm³/mol. The highest BCUT2D eigenvalue weighted by Crippen LogP contribution is 2.23. The molecule has 0 unspecified atom stereocenters. The van der Waals surface area contributed by atoms with Gasteiger partial charge >= 0.3 is 0 Å². The van der Waals surface area contributed by atoms with Crippen LogP contribution in [0.3, 0.4) is 0 Å². The molecule has 1 aliphatic rings. The van der Waals surface area contributed by atoms with E-state index in [1.807, 2.05) is 7.05 Å². The molecule has 2 heterocycles. The number of hydrogen-bond acceptors (Lipinski definition) is 4. The molecule has 8 heteroatoms. The lowest BCUT2D eigenvalue weighted by Crippen LogP contribution is -2.51. The normalized spacial score (nSPS) is 22.1. The summed E-state index contributed by atoms with van der Waals surface area (Å²) in [6, 6.07) is -0.122. The van der Waals surface area contributed by atoms with Gasteiger partial charge in [0.25, 0.3) is 10.2 Å². The fourth-order valence-electron chi connectivity index (χ4n) is 2.42. The first-order valence-electron chi connectivity index (χ1n) is 5.87. The number of nitrogens with zero attached hydrogens (tertiary/aromatic N) is 4. The second-order valence-corrected chi connectivity index (χ2v) is 6.19. The van der Waals surface area contributed by atoms with Crippen molar-refractivity contribution >= 4 is 15.9 Å². The number of piperidine rings is 1. The first-order valence-corrected chi connectivity index (χ1v) is 7.37. The van der Waals surface area contributed by atoms with E-state index in [1.165, 1.54) is 10.5 Å². The minimum absolute atomic E-state index is 0.122. The topological polar surface area (TPSA) is 84.5 Å². The largest absolute Gasteiger partial charge is 0.304 e. The van der Waals surface area contributed by atoms with Gasteiger partial charge in [-0.15, -0.1) is 0 Å². The Morgan fingerprint density at radius 1 is 1.50 bits per heavy atom. The van der Waals surface area contributed by atoms with Gasteiger partial charge in [0.2, 0.25) is 0 Å². The Labute approximate surface area is 107 Å². The van der Waals surface area contributed by atoms with Crippen molar-refractivity contribution < 1.29 is 8.42 Å². The molecule has 1 fully saturated rings. The van der Waals surface area contributed by atoms with Gasteiger partial charge in [0.1, 0.15) is 0 Å². The van der Waals surface area contributed by atoms with Crippen LogP contribution in [0.5, 0.6) is 0 Å². The molecule has 1 atom stereocenters. The van der Waals surface area contributed by atoms with E-state index in [9.17, 15) is 8.42 Å². The second kappa shape index (κ2) is 4.87. The third-order valence-corrected chi connectivity index (χ3v) is 4.21. The summed E-state index contributed by atoms with van der Waals surface area (Å²) >= 11 is 0. The molecule has 7 nitrogen and oxygen atoms in total. The van der Waals surface area contributed by atoms with E-state index in [4.69, 9.17) is 5.14 Å². The van der Waals surface area contributed by atoms with Crippen LogP contribution in [0.4, 0.5) is 5.69 Å². The van der Waals surface area contributed by atoms with Gasteiger partial charge in [-0.2, -0.15) is 13.5 Å². The zero-order chi connectivity index (χ0) is 13.3. The number of aryl methyl sites for hydroxylation is 1. The number of likely N-dealkylation sites (N-methyl/N-ethyl adjacent to an activating group) is 1. The van der Waals surface area contributed by atoms with Crippen LogP contribution >= 0.6 is 0 Å². The van der Waals surface area contributed by atoms with Crippen molar-refractivity contribution in [1.29, 1.82) is 0 Å². The third kappa shape index (κ3) is 2.82. The Morgan fingerprint density at radius 3 is 2.72 bits per heavy atom. The van der Waals surface area contributed by atoms with Gasteiger partial charge in [-0.3, -0.25) is 8.99 Å². The fraction of sp³-hybridized carbons (Fsp3) is 0.700. The van der Waals surface area contributed by atoms with Crippen molar-refractivity contribution in [2.75, 3.05) is 24.4 Å². The first kappa shape index (κ1) is 13.3. The van der Waals surface area contributed by atoms with Crippen molar-refractivity contribution in [3.8, 4) is 0 Å². The minimum Gasteiger partial charge on any atom is -0.304 e. The maximum Gasteiger partial charge on any atom is 0.299 e. The maximum atomic E-state index is 11.8. The standard InChI is InChI=1S/C10H19N5O2S/c1-13-5-3-4-9(7-13)15(18(11,16)17)10-6-12-14(2)8-10/h6,8-9H,3-5,7H2,1-2H3,(H2,11,16,17)/t9-/m1/s1. The molecule has 1 aromatic rings. The summed E-state index contributed by atoms with van der Waals surface area (Å²) in [6.07, 6.45) is 4.97. The molecule has 0 aromatic carbocycles. The summed E-state index contributed by atoms with van der Waals surface area (Å²) in [5, 5.41) is 9.35. The van der Waals surface area contributed by atoms with E-state index >= 15 is 0 Å². The van der Waals surface area contributed by atoms with Gasteiger partial charge in [0.05, 0.1) is 17.9 Å². The van der Waals surface area contributed by atoms with Crippen LogP contribution in [-0.4, -0.2) is 49.3 Å². The van der Waals surface area contributed by atoms with Gasteiger partial charge in [0, 0.05) is 19.8 Å². The molecule has 0 saturated carbocycles. The van der Waals surface area contributed by atoms with Gasteiger partial charge in [-0.25, -0.2) is 5.14 Å². The van der Waals surface area contributed by atoms with Crippen molar-refractivity contribution in [2.45, 2.75) is 18.9 Å². The highest BCUT2D eigenvalue weighted by atomic mass is 32.2. The van der Waals surface area contributed by atoms with E-state index in [0.29, 0.717) is 12.2 Å². The van der Waals surface area contributed by atoms with Crippen molar-refractivity contribution in [3.05, 3.63) is 12.4 Å². The highest BCUT2D eigenvalue weighted by Gasteiger charge is 2.31. The monoisotopic (exact) mass is 273 g/mol. The first-order chi connectivity index (χ1) is 8.38. The lowest BCUT2D eigenvalue weighted by Gasteiger charge is -2.36. The molecule has 0 bridgehead atoms. The Hall–Kier alpha value is -1.12. The van der Waals surface area contributed by atoms with Gasteiger partial charge in [0.15, 0.2) is 0 Å². The molecule has 0 amide bonds. The number of hydrogen-bond donors (Lipinski definition) is 1. The number of rotatable bonds is 3. The number of aromatic nitrogens is 2. The molecule has 0 radical (unpaired) electrons. The number of nitrogens with two attached hydrogens (primary N) is 1. The SMILES string of the molecule is CN1CCC[C@@H](N(c2cnn(C)c2)S(N)(=O)=O)C1. The van der Waals surface area contributed by atoms with E-state index in [-0.39, 0.29) is 6.04 Å². The van der Waals surface area contributed by atoms with E-state index < -0.39 is 10.2 Å². The number of likely N-dealkylation sites (tertiary alicyclic amines) is 1. The van der Waals surface area contributed by atoms with Crippen LogP contribution in [0.15, 0.2) is 12.4 Å². The van der Waals surface area contributed by atoms with Crippen molar-refractivity contribution in [2.24, 2.45) is 12.2 Å². The summed E-state index contributed by atoms with van der Waals surface area (Å²) in [5.41, 5.74) is 0.528. The smallest absolute Gasteiger partial charge is 0.299 e. The summed E-state index contributed by atoms with van der Waals surface area (Å²) in [5.74, 6) is 0. The van der Waals surface area contributed by atoms with Crippen molar-refractivity contribution in [1.82, 2.24) is 14.7 Å². The molecule has 0 aliphatic carbocycles. The molecule has 102 valence electrons. The average molecular weight is 273 g/mol. The van der Waals surface area contributed by atoms with E-state index in [2.05, 4.69) is 10.00 Å². The van der Waals surface area contributed by atoms with Crippen LogP contribution in [0, 0.1) is 0 Å². The van der Waals surface area contributed by atoms with Crippen LogP contribution in [0.2, 0.25) is 0 Å². The molecular weight excluding hydrogens is 254 g/mol. The van der Waals surface area contributed by atoms with Crippen LogP contribution in [0.1, 0.15) is 12.8 Å². The summed E-state index contributed by atoms with van der Waals surface area (Å²) < 4.78 is 26.4. The second-order valence-electron chi connectivity index (χ2n) is 4.77. The third-order valence-electron chi connectivity index (χ3n) is 3.15. The molecule has 2 N–H and O–H groups in total. The van der Waals surface area contributed by atoms with Gasteiger partial charge < -0.3 is 4.90 Å². The molecule has 18 heavy (non-hydrogen) atoms. The zero-order valence-corrected chi connectivity index (χ0v) is 11.5. The van der Waals surface area contributed by atoms with E-state index in [1.54, 1.807) is 17.9 Å². The lowest BCUT2D eigenvalue weighted by atomic mass is 10.1. The van der Waals surface area contributed by atoms with Crippen LogP contribution in [0.25, 0.3) is 0 Å². The number of anilines is 1. The average Bonchev–Trinajstić information content (AvgIpc) is 2.62. The highest BCUT2D eigenvalue weighted by molar-refractivity contribution is 7.90. The minimum atomic E-state index is -3.77. The molecule has 2 rings (SSSR count). The Kier molecular flexibility index (Phi) is 3.60. The molecular formula is C10H19N5O2S. The quantitative estimate of drug-likeness (QED) is 0.806. The van der Waals surface area contributed by atoms with Crippen molar-refractivity contribution in [3.63, 3.8) is 0 Å². The lowest BCUT2D eigenvalue weighted by molar-refractivity contribution is 0.253. The molecule has 1 aliphatic heterocycles. The Bertz CT molecular complexity index is 512. The Morgan fingerprint density at radius 2 is 2.22 bits per heavy atom. The van der Waals surface area contributed by atoms with Crippen LogP contribution in [-0.2, 0) is 17.3 Å². The summed E-state index contributed by atoms with van der Waals surface area (Å²) in [6.45, 7) is 1.67. The molecule has 1 aromatic heterocycles. The zero-order valence-electron chi connectivity index (χ0n) is 10.7. The summed E-state index contributed by atoms with van der Waals surface area (Å²) in [4.78, 5) is 2.11. The van der Waals surface area contributed by atoms with Gasteiger partial charge in [-0.1, -0.05) is 0 Å². The summed E-state index contributed by atoms with van der Waals surface area (Å²) in [7, 11) is -0.0437. The Balaban J connectivity index is 2.31. The van der Waals surface area contributed by atoms with E-state index in [0.717, 1.165) is 19.4 Å². The fourth-order valence-corrected chi connectivity index (χ4v) is 3.39. The predicted octanol–water partition coefficient (Wildman–Crippen LogP) is -0.476. The maximum absolute atomic E-state index is 11.8. The van der Waals surface area contributed by atoms with Gasteiger partial charge in [-0.05, 0) is 26.4 Å². The molecule has 1 saturated heterocycles. The van der Waals surface area contributed by atoms with Crippen LogP contribution < -0.4 is 9.44 Å². The molecule has 0 spiro atoms.